The highest BCUT2D eigenvalue weighted by molar-refractivity contribution is 5.92. The Hall–Kier alpha value is -2.02. The average Bonchev–Trinajstić information content (AvgIpc) is 2.53. The van der Waals surface area contributed by atoms with Crippen molar-refractivity contribution in [3.8, 4) is 11.8 Å². The number of nitriles is 1. The Balaban J connectivity index is 1.83. The Morgan fingerprint density at radius 3 is 2.81 bits per heavy atom. The smallest absolute Gasteiger partial charge is 0.224 e. The molecule has 1 aromatic carbocycles. The summed E-state index contributed by atoms with van der Waals surface area (Å²) in [7, 11) is 0. The molecule has 4 nitrogen and oxygen atoms in total. The number of nitrogens with zero attached hydrogens (tertiary/aromatic N) is 1. The zero-order valence-electron chi connectivity index (χ0n) is 12.3. The number of rotatable bonds is 6. The van der Waals surface area contributed by atoms with Crippen LogP contribution in [0.2, 0.25) is 0 Å². The molecule has 0 aromatic heterocycles. The molecule has 112 valence electrons. The average molecular weight is 286 g/mol. The molecule has 2 rings (SSSR count). The van der Waals surface area contributed by atoms with Crippen LogP contribution in [0.3, 0.4) is 0 Å². The second-order valence-electron chi connectivity index (χ2n) is 5.53. The molecular formula is C17H22N2O2. The van der Waals surface area contributed by atoms with E-state index in [9.17, 15) is 4.79 Å². The van der Waals surface area contributed by atoms with E-state index >= 15 is 0 Å². The lowest BCUT2D eigenvalue weighted by Crippen LogP contribution is -2.15. The monoisotopic (exact) mass is 286 g/mol. The number of anilines is 1. The molecule has 4 heteroatoms. The van der Waals surface area contributed by atoms with Gasteiger partial charge in [0.25, 0.3) is 0 Å². The molecule has 1 saturated carbocycles. The van der Waals surface area contributed by atoms with Crippen LogP contribution in [0.5, 0.6) is 5.75 Å². The number of nitrogens with one attached hydrogen (secondary N) is 1. The molecule has 1 fully saturated rings. The maximum atomic E-state index is 12.0. The van der Waals surface area contributed by atoms with Gasteiger partial charge in [-0.05, 0) is 24.5 Å². The van der Waals surface area contributed by atoms with Crippen molar-refractivity contribution in [2.75, 3.05) is 11.9 Å². The van der Waals surface area contributed by atoms with Crippen molar-refractivity contribution in [1.82, 2.24) is 0 Å². The van der Waals surface area contributed by atoms with Crippen LogP contribution in [-0.4, -0.2) is 12.5 Å². The summed E-state index contributed by atoms with van der Waals surface area (Å²) in [6.45, 7) is -0.0189. The second kappa shape index (κ2) is 8.31. The molecule has 0 heterocycles. The Bertz CT molecular complexity index is 502. The van der Waals surface area contributed by atoms with Crippen molar-refractivity contribution in [1.29, 1.82) is 5.26 Å². The van der Waals surface area contributed by atoms with Crippen LogP contribution < -0.4 is 10.1 Å². The number of hydrogen-bond acceptors (Lipinski definition) is 3. The summed E-state index contributed by atoms with van der Waals surface area (Å²) in [6.07, 6.45) is 7.98. The summed E-state index contributed by atoms with van der Waals surface area (Å²) in [4.78, 5) is 12.0. The standard InChI is InChI=1S/C17H22N2O2/c18-12-13-21-16-9-5-4-8-15(16)19-17(20)11-10-14-6-2-1-3-7-14/h4-5,8-9,14H,1-3,6-7,10-11,13H2,(H,19,20). The van der Waals surface area contributed by atoms with Gasteiger partial charge in [0.2, 0.25) is 5.91 Å². The molecular weight excluding hydrogens is 264 g/mol. The molecule has 1 amide bonds. The third-order valence-corrected chi connectivity index (χ3v) is 3.96. The SMILES string of the molecule is N#CCOc1ccccc1NC(=O)CCC1CCCCC1. The molecule has 1 aliphatic rings. The molecule has 0 aliphatic heterocycles. The first-order chi connectivity index (χ1) is 10.3. The molecule has 1 N–H and O–H groups in total. The number of para-hydroxylation sites is 2. The normalized spacial score (nSPS) is 15.2. The number of benzene rings is 1. The van der Waals surface area contributed by atoms with E-state index in [1.165, 1.54) is 32.1 Å². The number of hydrogen-bond donors (Lipinski definition) is 1. The van der Waals surface area contributed by atoms with Gasteiger partial charge >= 0.3 is 0 Å². The molecule has 0 atom stereocenters. The van der Waals surface area contributed by atoms with Gasteiger partial charge in [-0.15, -0.1) is 0 Å². The third-order valence-electron chi connectivity index (χ3n) is 3.96. The summed E-state index contributed by atoms with van der Waals surface area (Å²) in [5.41, 5.74) is 0.640. The van der Waals surface area contributed by atoms with E-state index in [1.54, 1.807) is 12.1 Å². The molecule has 0 saturated heterocycles. The number of amides is 1. The van der Waals surface area contributed by atoms with Crippen LogP contribution >= 0.6 is 0 Å². The van der Waals surface area contributed by atoms with E-state index in [-0.39, 0.29) is 12.5 Å². The Morgan fingerprint density at radius 1 is 1.29 bits per heavy atom. The summed E-state index contributed by atoms with van der Waals surface area (Å²) >= 11 is 0. The highest BCUT2D eigenvalue weighted by atomic mass is 16.5. The first-order valence-electron chi connectivity index (χ1n) is 7.68. The van der Waals surface area contributed by atoms with E-state index in [1.807, 2.05) is 18.2 Å². The topological polar surface area (TPSA) is 62.1 Å². The van der Waals surface area contributed by atoms with E-state index in [0.29, 0.717) is 23.8 Å². The highest BCUT2D eigenvalue weighted by Crippen LogP contribution is 2.28. The lowest BCUT2D eigenvalue weighted by molar-refractivity contribution is -0.116. The minimum atomic E-state index is -0.0189. The van der Waals surface area contributed by atoms with Gasteiger partial charge in [0.05, 0.1) is 5.69 Å². The van der Waals surface area contributed by atoms with Crippen LogP contribution in [-0.2, 0) is 4.79 Å². The zero-order chi connectivity index (χ0) is 14.9. The van der Waals surface area contributed by atoms with Crippen LogP contribution in [0.4, 0.5) is 5.69 Å². The first kappa shape index (κ1) is 15.4. The number of carbonyl (C=O) groups excluding carboxylic acids is 1. The van der Waals surface area contributed by atoms with Gasteiger partial charge < -0.3 is 10.1 Å². The van der Waals surface area contributed by atoms with Crippen molar-refractivity contribution >= 4 is 11.6 Å². The van der Waals surface area contributed by atoms with Crippen LogP contribution in [0.15, 0.2) is 24.3 Å². The predicted molar refractivity (Wildman–Crippen MR) is 82.0 cm³/mol. The van der Waals surface area contributed by atoms with Crippen molar-refractivity contribution in [2.24, 2.45) is 5.92 Å². The number of carbonyl (C=O) groups is 1. The van der Waals surface area contributed by atoms with Crippen LogP contribution in [0, 0.1) is 17.2 Å². The van der Waals surface area contributed by atoms with Gasteiger partial charge in [-0.2, -0.15) is 5.26 Å². The maximum Gasteiger partial charge on any atom is 0.224 e. The van der Waals surface area contributed by atoms with Gasteiger partial charge in [0, 0.05) is 6.42 Å². The summed E-state index contributed by atoms with van der Waals surface area (Å²) in [5, 5.41) is 11.5. The van der Waals surface area contributed by atoms with Gasteiger partial charge in [-0.25, -0.2) is 0 Å². The molecule has 0 spiro atoms. The minimum absolute atomic E-state index is 0.0189. The van der Waals surface area contributed by atoms with E-state index < -0.39 is 0 Å². The van der Waals surface area contributed by atoms with Crippen molar-refractivity contribution in [3.05, 3.63) is 24.3 Å². The van der Waals surface area contributed by atoms with Gasteiger partial charge in [-0.1, -0.05) is 44.2 Å². The van der Waals surface area contributed by atoms with E-state index in [0.717, 1.165) is 6.42 Å². The maximum absolute atomic E-state index is 12.0. The molecule has 0 radical (unpaired) electrons. The highest BCUT2D eigenvalue weighted by Gasteiger charge is 2.15. The fraction of sp³-hybridized carbons (Fsp3) is 0.529. The molecule has 1 aromatic rings. The first-order valence-corrected chi connectivity index (χ1v) is 7.68. The fourth-order valence-corrected chi connectivity index (χ4v) is 2.83. The van der Waals surface area contributed by atoms with Crippen molar-refractivity contribution < 1.29 is 9.53 Å². The summed E-state index contributed by atoms with van der Waals surface area (Å²) < 4.78 is 5.31. The van der Waals surface area contributed by atoms with E-state index in [4.69, 9.17) is 10.00 Å². The van der Waals surface area contributed by atoms with Gasteiger partial charge in [0.1, 0.15) is 11.8 Å². The molecule has 0 unspecified atom stereocenters. The second-order valence-corrected chi connectivity index (χ2v) is 5.53. The lowest BCUT2D eigenvalue weighted by atomic mass is 9.86. The largest absolute Gasteiger partial charge is 0.477 e. The van der Waals surface area contributed by atoms with E-state index in [2.05, 4.69) is 5.32 Å². The van der Waals surface area contributed by atoms with Gasteiger partial charge in [-0.3, -0.25) is 4.79 Å². The Kier molecular flexibility index (Phi) is 6.08. The Labute approximate surface area is 126 Å². The van der Waals surface area contributed by atoms with Gasteiger partial charge in [0.15, 0.2) is 6.61 Å². The van der Waals surface area contributed by atoms with Crippen LogP contribution in [0.25, 0.3) is 0 Å². The lowest BCUT2D eigenvalue weighted by Gasteiger charge is -2.21. The number of ether oxygens (including phenoxy) is 1. The fourth-order valence-electron chi connectivity index (χ4n) is 2.83. The van der Waals surface area contributed by atoms with Crippen molar-refractivity contribution in [3.63, 3.8) is 0 Å². The van der Waals surface area contributed by atoms with Crippen molar-refractivity contribution in [2.45, 2.75) is 44.9 Å². The minimum Gasteiger partial charge on any atom is -0.477 e. The zero-order valence-corrected chi connectivity index (χ0v) is 12.3. The summed E-state index contributed by atoms with van der Waals surface area (Å²) in [5.74, 6) is 1.27. The quantitative estimate of drug-likeness (QED) is 0.863. The summed E-state index contributed by atoms with van der Waals surface area (Å²) in [6, 6.07) is 9.15. The third kappa shape index (κ3) is 5.11. The predicted octanol–water partition coefficient (Wildman–Crippen LogP) is 3.89. The molecule has 21 heavy (non-hydrogen) atoms. The molecule has 0 bridgehead atoms. The van der Waals surface area contributed by atoms with Crippen LogP contribution in [0.1, 0.15) is 44.9 Å². The Morgan fingerprint density at radius 2 is 2.05 bits per heavy atom. The molecule has 1 aliphatic carbocycles.